The number of hydrogen-bond acceptors (Lipinski definition) is 4. The van der Waals surface area contributed by atoms with Gasteiger partial charge in [0, 0.05) is 13.1 Å². The summed E-state index contributed by atoms with van der Waals surface area (Å²) in [5.74, 6) is 2.36. The lowest BCUT2D eigenvalue weighted by atomic mass is 10.0. The van der Waals surface area contributed by atoms with Gasteiger partial charge in [-0.2, -0.15) is 5.10 Å². The van der Waals surface area contributed by atoms with Crippen LogP contribution in [-0.4, -0.2) is 45.3 Å². The van der Waals surface area contributed by atoms with E-state index in [2.05, 4.69) is 10.1 Å². The first-order chi connectivity index (χ1) is 11.6. The minimum absolute atomic E-state index is 0.0261. The smallest absolute Gasteiger partial charge is 0.257 e. The number of likely N-dealkylation sites (tertiary alicyclic amines) is 1. The summed E-state index contributed by atoms with van der Waals surface area (Å²) in [6.45, 7) is 7.75. The predicted octanol–water partition coefficient (Wildman–Crippen LogP) is 2.77. The first kappa shape index (κ1) is 16.5. The molecule has 0 bridgehead atoms. The number of carbonyl (C=O) groups excluding carboxylic acids is 1. The number of aryl methyl sites for hydroxylation is 2. The summed E-state index contributed by atoms with van der Waals surface area (Å²) in [6, 6.07) is 7.64. The predicted molar refractivity (Wildman–Crippen MR) is 91.3 cm³/mol. The van der Waals surface area contributed by atoms with Crippen LogP contribution in [0.25, 0.3) is 0 Å². The highest BCUT2D eigenvalue weighted by Gasteiger charge is 2.28. The molecule has 1 saturated heterocycles. The molecule has 6 nitrogen and oxygen atoms in total. The Morgan fingerprint density at radius 3 is 2.83 bits per heavy atom. The van der Waals surface area contributed by atoms with Crippen molar-refractivity contribution in [1.29, 1.82) is 0 Å². The van der Waals surface area contributed by atoms with E-state index in [0.717, 1.165) is 31.0 Å². The number of rotatable bonds is 4. The third kappa shape index (κ3) is 3.27. The molecule has 0 spiro atoms. The molecule has 1 aliphatic rings. The van der Waals surface area contributed by atoms with Gasteiger partial charge in [0.15, 0.2) is 0 Å². The molecule has 0 aliphatic carbocycles. The van der Waals surface area contributed by atoms with Gasteiger partial charge in [-0.15, -0.1) is 0 Å². The summed E-state index contributed by atoms with van der Waals surface area (Å²) < 4.78 is 7.57. The Bertz CT molecular complexity index is 726. The molecule has 6 heteroatoms. The van der Waals surface area contributed by atoms with Gasteiger partial charge in [0.25, 0.3) is 5.91 Å². The molecule has 3 rings (SSSR count). The second-order valence-electron chi connectivity index (χ2n) is 6.13. The SMILES string of the molecule is CCOc1ccccc1C(=O)N1CCC[C@H](n2nc(C)nc2C)C1. The normalized spacial score (nSPS) is 17.8. The van der Waals surface area contributed by atoms with Gasteiger partial charge in [0.05, 0.1) is 18.2 Å². The number of aromatic nitrogens is 3. The second kappa shape index (κ2) is 7.03. The monoisotopic (exact) mass is 328 g/mol. The van der Waals surface area contributed by atoms with Crippen molar-refractivity contribution < 1.29 is 9.53 Å². The van der Waals surface area contributed by atoms with Crippen molar-refractivity contribution >= 4 is 5.91 Å². The number of amides is 1. The highest BCUT2D eigenvalue weighted by Crippen LogP contribution is 2.26. The molecule has 2 heterocycles. The van der Waals surface area contributed by atoms with Crippen molar-refractivity contribution in [3.8, 4) is 5.75 Å². The summed E-state index contributed by atoms with van der Waals surface area (Å²) in [7, 11) is 0. The van der Waals surface area contributed by atoms with Crippen molar-refractivity contribution in [2.24, 2.45) is 0 Å². The van der Waals surface area contributed by atoms with Crippen LogP contribution in [0.5, 0.6) is 5.75 Å². The van der Waals surface area contributed by atoms with Gasteiger partial charge in [-0.25, -0.2) is 9.67 Å². The first-order valence-electron chi connectivity index (χ1n) is 8.51. The van der Waals surface area contributed by atoms with E-state index >= 15 is 0 Å². The number of hydrogen-bond donors (Lipinski definition) is 0. The molecule has 1 atom stereocenters. The zero-order valence-corrected chi connectivity index (χ0v) is 14.5. The molecule has 1 aromatic heterocycles. The van der Waals surface area contributed by atoms with Gasteiger partial charge in [-0.3, -0.25) is 4.79 Å². The summed E-state index contributed by atoms with van der Waals surface area (Å²) in [4.78, 5) is 19.2. The van der Waals surface area contributed by atoms with Crippen LogP contribution >= 0.6 is 0 Å². The van der Waals surface area contributed by atoms with Crippen LogP contribution in [0.15, 0.2) is 24.3 Å². The number of piperidine rings is 1. The van der Waals surface area contributed by atoms with Crippen LogP contribution < -0.4 is 4.74 Å². The largest absolute Gasteiger partial charge is 0.493 e. The van der Waals surface area contributed by atoms with Crippen molar-refractivity contribution in [2.75, 3.05) is 19.7 Å². The van der Waals surface area contributed by atoms with E-state index in [4.69, 9.17) is 4.74 Å². The third-order valence-corrected chi connectivity index (χ3v) is 4.35. The molecule has 1 aliphatic heterocycles. The quantitative estimate of drug-likeness (QED) is 0.866. The van der Waals surface area contributed by atoms with Gasteiger partial charge >= 0.3 is 0 Å². The number of ether oxygens (including phenoxy) is 1. The molecule has 1 aromatic carbocycles. The average Bonchev–Trinajstić information content (AvgIpc) is 2.93. The first-order valence-corrected chi connectivity index (χ1v) is 8.51. The highest BCUT2D eigenvalue weighted by atomic mass is 16.5. The molecule has 24 heavy (non-hydrogen) atoms. The fourth-order valence-corrected chi connectivity index (χ4v) is 3.32. The zero-order chi connectivity index (χ0) is 17.1. The van der Waals surface area contributed by atoms with Crippen molar-refractivity contribution in [1.82, 2.24) is 19.7 Å². The summed E-state index contributed by atoms with van der Waals surface area (Å²) in [5.41, 5.74) is 0.631. The Hall–Kier alpha value is -2.37. The zero-order valence-electron chi connectivity index (χ0n) is 14.5. The molecule has 2 aromatic rings. The van der Waals surface area contributed by atoms with Crippen molar-refractivity contribution in [3.05, 3.63) is 41.5 Å². The minimum atomic E-state index is 0.0261. The number of nitrogens with zero attached hydrogens (tertiary/aromatic N) is 4. The van der Waals surface area contributed by atoms with Crippen LogP contribution in [0.2, 0.25) is 0 Å². The van der Waals surface area contributed by atoms with E-state index in [1.807, 2.05) is 54.6 Å². The average molecular weight is 328 g/mol. The highest BCUT2D eigenvalue weighted by molar-refractivity contribution is 5.97. The van der Waals surface area contributed by atoms with Crippen LogP contribution in [0.4, 0.5) is 0 Å². The number of benzene rings is 1. The summed E-state index contributed by atoms with van der Waals surface area (Å²) >= 11 is 0. The molecular weight excluding hydrogens is 304 g/mol. The lowest BCUT2D eigenvalue weighted by molar-refractivity contribution is 0.0667. The van der Waals surface area contributed by atoms with Crippen LogP contribution in [0, 0.1) is 13.8 Å². The molecule has 0 unspecified atom stereocenters. The Kier molecular flexibility index (Phi) is 4.83. The summed E-state index contributed by atoms with van der Waals surface area (Å²) in [6.07, 6.45) is 1.98. The Morgan fingerprint density at radius 1 is 1.33 bits per heavy atom. The lowest BCUT2D eigenvalue weighted by Gasteiger charge is -2.33. The van der Waals surface area contributed by atoms with Gasteiger partial charge in [0.1, 0.15) is 17.4 Å². The Balaban J connectivity index is 1.80. The van der Waals surface area contributed by atoms with Gasteiger partial charge in [-0.1, -0.05) is 12.1 Å². The fourth-order valence-electron chi connectivity index (χ4n) is 3.32. The molecule has 1 fully saturated rings. The van der Waals surface area contributed by atoms with E-state index < -0.39 is 0 Å². The molecule has 0 saturated carbocycles. The number of para-hydroxylation sites is 1. The van der Waals surface area contributed by atoms with E-state index in [1.54, 1.807) is 0 Å². The van der Waals surface area contributed by atoms with Crippen LogP contribution in [0.3, 0.4) is 0 Å². The van der Waals surface area contributed by atoms with E-state index in [9.17, 15) is 4.79 Å². The molecule has 1 amide bonds. The Labute approximate surface area is 142 Å². The van der Waals surface area contributed by atoms with Gasteiger partial charge in [-0.05, 0) is 45.7 Å². The maximum Gasteiger partial charge on any atom is 0.257 e. The third-order valence-electron chi connectivity index (χ3n) is 4.35. The number of carbonyl (C=O) groups is 1. The molecular formula is C18H24N4O2. The summed E-state index contributed by atoms with van der Waals surface area (Å²) in [5, 5.41) is 4.49. The Morgan fingerprint density at radius 2 is 2.12 bits per heavy atom. The second-order valence-corrected chi connectivity index (χ2v) is 6.13. The van der Waals surface area contributed by atoms with Crippen LogP contribution in [-0.2, 0) is 0 Å². The lowest BCUT2D eigenvalue weighted by Crippen LogP contribution is -2.41. The van der Waals surface area contributed by atoms with Crippen LogP contribution in [0.1, 0.15) is 47.8 Å². The maximum absolute atomic E-state index is 13.0. The van der Waals surface area contributed by atoms with E-state index in [1.165, 1.54) is 0 Å². The standard InChI is InChI=1S/C18H24N4O2/c1-4-24-17-10-6-5-9-16(17)18(23)21-11-7-8-15(12-21)22-14(3)19-13(2)20-22/h5-6,9-10,15H,4,7-8,11-12H2,1-3H3/t15-/m0/s1. The molecule has 128 valence electrons. The van der Waals surface area contributed by atoms with Crippen molar-refractivity contribution in [3.63, 3.8) is 0 Å². The van der Waals surface area contributed by atoms with Gasteiger partial charge < -0.3 is 9.64 Å². The molecule has 0 N–H and O–H groups in total. The topological polar surface area (TPSA) is 60.2 Å². The van der Waals surface area contributed by atoms with Gasteiger partial charge in [0.2, 0.25) is 0 Å². The fraction of sp³-hybridized carbons (Fsp3) is 0.500. The van der Waals surface area contributed by atoms with E-state index in [-0.39, 0.29) is 11.9 Å². The van der Waals surface area contributed by atoms with E-state index in [0.29, 0.717) is 24.5 Å². The van der Waals surface area contributed by atoms with Crippen molar-refractivity contribution in [2.45, 2.75) is 39.7 Å². The molecule has 0 radical (unpaired) electrons. The minimum Gasteiger partial charge on any atom is -0.493 e. The maximum atomic E-state index is 13.0.